The van der Waals surface area contributed by atoms with Gasteiger partial charge >= 0.3 is 12.1 Å². The van der Waals surface area contributed by atoms with Crippen molar-refractivity contribution in [3.8, 4) is 5.69 Å². The number of hydrogen-bond acceptors (Lipinski definition) is 4. The fraction of sp³-hybridized carbons (Fsp3) is 0.182. The summed E-state index contributed by atoms with van der Waals surface area (Å²) in [5, 5.41) is 3.73. The molecule has 0 fully saturated rings. The molecule has 5 nitrogen and oxygen atoms in total. The number of nitrogens with zero attached hydrogens (tertiary/aromatic N) is 3. The summed E-state index contributed by atoms with van der Waals surface area (Å²) in [5.74, 6) is -1.04. The number of esters is 1. The molecule has 1 aromatic heterocycles. The summed E-state index contributed by atoms with van der Waals surface area (Å²) in [6.07, 6.45) is -2.21. The number of carbonyl (C=O) groups is 1. The summed E-state index contributed by atoms with van der Waals surface area (Å²) in [6.45, 7) is 0. The van der Waals surface area contributed by atoms with Gasteiger partial charge in [-0.2, -0.15) is 18.3 Å². The van der Waals surface area contributed by atoms with Crippen molar-refractivity contribution in [3.63, 3.8) is 0 Å². The van der Waals surface area contributed by atoms with Gasteiger partial charge in [0, 0.05) is 0 Å². The SMILES string of the molecule is COC(=O)c1ccc(-n2cncn2)cc1C(F)(F)F. The topological polar surface area (TPSA) is 57.0 Å². The van der Waals surface area contributed by atoms with Gasteiger partial charge in [-0.25, -0.2) is 14.5 Å². The predicted octanol–water partition coefficient (Wildman–Crippen LogP) is 2.07. The summed E-state index contributed by atoms with van der Waals surface area (Å²) in [4.78, 5) is 15.0. The molecule has 0 saturated heterocycles. The zero-order chi connectivity index (χ0) is 14.0. The second kappa shape index (κ2) is 4.71. The Morgan fingerprint density at radius 3 is 2.63 bits per heavy atom. The molecule has 0 N–H and O–H groups in total. The van der Waals surface area contributed by atoms with Gasteiger partial charge in [0.25, 0.3) is 0 Å². The molecule has 0 spiro atoms. The van der Waals surface area contributed by atoms with Crippen molar-refractivity contribution >= 4 is 5.97 Å². The van der Waals surface area contributed by atoms with Gasteiger partial charge in [0.15, 0.2) is 0 Å². The van der Waals surface area contributed by atoms with E-state index in [1.54, 1.807) is 0 Å². The van der Waals surface area contributed by atoms with E-state index in [4.69, 9.17) is 0 Å². The predicted molar refractivity (Wildman–Crippen MR) is 57.7 cm³/mol. The lowest BCUT2D eigenvalue weighted by atomic mass is 10.1. The zero-order valence-electron chi connectivity index (χ0n) is 9.68. The van der Waals surface area contributed by atoms with Gasteiger partial charge in [-0.05, 0) is 18.2 Å². The normalized spacial score (nSPS) is 11.4. The smallest absolute Gasteiger partial charge is 0.417 e. The molecule has 8 heteroatoms. The number of aromatic nitrogens is 3. The van der Waals surface area contributed by atoms with Crippen LogP contribution in [0.2, 0.25) is 0 Å². The van der Waals surface area contributed by atoms with Crippen molar-refractivity contribution < 1.29 is 22.7 Å². The first kappa shape index (κ1) is 13.1. The van der Waals surface area contributed by atoms with Crippen LogP contribution >= 0.6 is 0 Å². The molecule has 1 heterocycles. The molecule has 0 amide bonds. The molecule has 0 radical (unpaired) electrons. The fourth-order valence-corrected chi connectivity index (χ4v) is 1.54. The van der Waals surface area contributed by atoms with Crippen LogP contribution in [0, 0.1) is 0 Å². The average Bonchev–Trinajstić information content (AvgIpc) is 2.90. The van der Waals surface area contributed by atoms with Gasteiger partial charge in [-0.15, -0.1) is 0 Å². The molecule has 2 aromatic rings. The lowest BCUT2D eigenvalue weighted by molar-refractivity contribution is -0.138. The van der Waals surface area contributed by atoms with Crippen molar-refractivity contribution in [2.75, 3.05) is 7.11 Å². The molecular weight excluding hydrogens is 263 g/mol. The lowest BCUT2D eigenvalue weighted by Gasteiger charge is -2.13. The first-order chi connectivity index (χ1) is 8.93. The monoisotopic (exact) mass is 271 g/mol. The molecule has 2 rings (SSSR count). The second-order valence-electron chi connectivity index (χ2n) is 3.56. The van der Waals surface area contributed by atoms with Crippen LogP contribution in [0.5, 0.6) is 0 Å². The van der Waals surface area contributed by atoms with E-state index >= 15 is 0 Å². The van der Waals surface area contributed by atoms with E-state index < -0.39 is 23.3 Å². The van der Waals surface area contributed by atoms with Crippen LogP contribution in [0.1, 0.15) is 15.9 Å². The van der Waals surface area contributed by atoms with Crippen LogP contribution in [-0.4, -0.2) is 27.8 Å². The molecule has 0 aliphatic rings. The Hall–Kier alpha value is -2.38. The van der Waals surface area contributed by atoms with Crippen molar-refractivity contribution in [1.29, 1.82) is 0 Å². The van der Waals surface area contributed by atoms with Crippen LogP contribution in [0.15, 0.2) is 30.9 Å². The van der Waals surface area contributed by atoms with Gasteiger partial charge in [0.2, 0.25) is 0 Å². The van der Waals surface area contributed by atoms with Gasteiger partial charge in [0.1, 0.15) is 12.7 Å². The molecule has 0 saturated carbocycles. The standard InChI is InChI=1S/C11H8F3N3O2/c1-19-10(18)8-3-2-7(17-6-15-5-16-17)4-9(8)11(12,13)14/h2-6H,1H3. The minimum absolute atomic E-state index is 0.150. The molecule has 19 heavy (non-hydrogen) atoms. The molecule has 0 aliphatic heterocycles. The number of methoxy groups -OCH3 is 1. The fourth-order valence-electron chi connectivity index (χ4n) is 1.54. The quantitative estimate of drug-likeness (QED) is 0.785. The third-order valence-corrected chi connectivity index (χ3v) is 2.40. The zero-order valence-corrected chi connectivity index (χ0v) is 9.68. The largest absolute Gasteiger partial charge is 0.465 e. The van der Waals surface area contributed by atoms with E-state index in [0.29, 0.717) is 0 Å². The molecular formula is C11H8F3N3O2. The minimum Gasteiger partial charge on any atom is -0.465 e. The van der Waals surface area contributed by atoms with E-state index in [1.165, 1.54) is 18.7 Å². The summed E-state index contributed by atoms with van der Waals surface area (Å²) in [5.41, 5.74) is -1.47. The van der Waals surface area contributed by atoms with E-state index in [0.717, 1.165) is 23.9 Å². The van der Waals surface area contributed by atoms with Crippen molar-refractivity contribution in [2.24, 2.45) is 0 Å². The number of benzene rings is 1. The van der Waals surface area contributed by atoms with Gasteiger partial charge in [-0.3, -0.25) is 0 Å². The van der Waals surface area contributed by atoms with Crippen molar-refractivity contribution in [2.45, 2.75) is 6.18 Å². The van der Waals surface area contributed by atoms with Crippen LogP contribution in [0.4, 0.5) is 13.2 Å². The van der Waals surface area contributed by atoms with Crippen molar-refractivity contribution in [3.05, 3.63) is 42.0 Å². The number of carbonyl (C=O) groups excluding carboxylic acids is 1. The minimum atomic E-state index is -4.67. The van der Waals surface area contributed by atoms with Gasteiger partial charge in [0.05, 0.1) is 23.9 Å². The highest BCUT2D eigenvalue weighted by molar-refractivity contribution is 5.91. The maximum atomic E-state index is 12.9. The number of ether oxygens (including phenoxy) is 1. The molecule has 100 valence electrons. The summed E-state index contributed by atoms with van der Waals surface area (Å²) >= 11 is 0. The number of hydrogen-bond donors (Lipinski definition) is 0. The van der Waals surface area contributed by atoms with Crippen LogP contribution in [0.25, 0.3) is 5.69 Å². The highest BCUT2D eigenvalue weighted by Gasteiger charge is 2.36. The maximum absolute atomic E-state index is 12.9. The van der Waals surface area contributed by atoms with Gasteiger partial charge in [-0.1, -0.05) is 0 Å². The number of halogens is 3. The van der Waals surface area contributed by atoms with E-state index in [-0.39, 0.29) is 5.69 Å². The second-order valence-corrected chi connectivity index (χ2v) is 3.56. The van der Waals surface area contributed by atoms with Crippen molar-refractivity contribution in [1.82, 2.24) is 14.8 Å². The molecule has 0 aliphatic carbocycles. The van der Waals surface area contributed by atoms with E-state index in [9.17, 15) is 18.0 Å². The summed E-state index contributed by atoms with van der Waals surface area (Å²) in [7, 11) is 1.02. The first-order valence-corrected chi connectivity index (χ1v) is 5.08. The number of alkyl halides is 3. The van der Waals surface area contributed by atoms with E-state index in [1.807, 2.05) is 0 Å². The summed E-state index contributed by atoms with van der Waals surface area (Å²) < 4.78 is 44.2. The Morgan fingerprint density at radius 1 is 1.37 bits per heavy atom. The first-order valence-electron chi connectivity index (χ1n) is 5.08. The third kappa shape index (κ3) is 2.56. The highest BCUT2D eigenvalue weighted by atomic mass is 19.4. The Bertz CT molecular complexity index is 594. The Balaban J connectivity index is 2.57. The Kier molecular flexibility index (Phi) is 3.24. The Labute approximate surface area is 105 Å². The van der Waals surface area contributed by atoms with Gasteiger partial charge < -0.3 is 4.74 Å². The molecule has 0 bridgehead atoms. The summed E-state index contributed by atoms with van der Waals surface area (Å²) in [6, 6.07) is 3.20. The highest BCUT2D eigenvalue weighted by Crippen LogP contribution is 2.33. The van der Waals surface area contributed by atoms with Crippen LogP contribution < -0.4 is 0 Å². The molecule has 0 atom stereocenters. The Morgan fingerprint density at radius 2 is 2.11 bits per heavy atom. The van der Waals surface area contributed by atoms with E-state index in [2.05, 4.69) is 14.8 Å². The lowest BCUT2D eigenvalue weighted by Crippen LogP contribution is -2.15. The average molecular weight is 271 g/mol. The third-order valence-electron chi connectivity index (χ3n) is 2.40. The van der Waals surface area contributed by atoms with Crippen LogP contribution in [0.3, 0.4) is 0 Å². The number of rotatable bonds is 2. The molecule has 0 unspecified atom stereocenters. The van der Waals surface area contributed by atoms with Crippen LogP contribution in [-0.2, 0) is 10.9 Å². The maximum Gasteiger partial charge on any atom is 0.417 e. The molecule has 1 aromatic carbocycles.